The lowest BCUT2D eigenvalue weighted by atomic mass is 10.2. The summed E-state index contributed by atoms with van der Waals surface area (Å²) < 4.78 is 42.8. The number of aromatic nitrogens is 2. The van der Waals surface area contributed by atoms with E-state index in [0.717, 1.165) is 6.07 Å². The second kappa shape index (κ2) is 8.75. The Kier molecular flexibility index (Phi) is 6.91. The lowest BCUT2D eigenvalue weighted by molar-refractivity contribution is -0.137. The molecular weight excluding hydrogens is 418 g/mol. The number of carbonyl (C=O) groups is 1. The van der Waals surface area contributed by atoms with Crippen LogP contribution in [0.4, 0.5) is 13.2 Å². The Morgan fingerprint density at radius 2 is 1.85 bits per heavy atom. The van der Waals surface area contributed by atoms with Gasteiger partial charge in [0.15, 0.2) is 0 Å². The van der Waals surface area contributed by atoms with Crippen LogP contribution in [0, 0.1) is 0 Å². The van der Waals surface area contributed by atoms with Crippen LogP contribution < -0.4 is 10.1 Å². The van der Waals surface area contributed by atoms with Crippen molar-refractivity contribution in [3.63, 3.8) is 0 Å². The molecule has 0 aliphatic carbocycles. The van der Waals surface area contributed by atoms with Gasteiger partial charge >= 0.3 is 6.18 Å². The molecule has 140 valence electrons. The van der Waals surface area contributed by atoms with Crippen molar-refractivity contribution in [2.45, 2.75) is 12.6 Å². The van der Waals surface area contributed by atoms with Crippen LogP contribution in [-0.4, -0.2) is 29.0 Å². The summed E-state index contributed by atoms with van der Waals surface area (Å²) in [5.74, 6) is -0.555. The Morgan fingerprint density at radius 1 is 1.12 bits per heavy atom. The van der Waals surface area contributed by atoms with Gasteiger partial charge in [-0.05, 0) is 18.6 Å². The standard InChI is InChI=1S/C15H11Cl3F3N3O2/c16-10-5-12(18)23-7-9(10)13(25)22-2-1-3-26-14-11(17)4-8(6-24-14)15(19,20)21/h4-7H,1-3H2,(H,22,25). The van der Waals surface area contributed by atoms with Gasteiger partial charge in [-0.15, -0.1) is 0 Å². The maximum absolute atomic E-state index is 12.5. The van der Waals surface area contributed by atoms with E-state index in [2.05, 4.69) is 15.3 Å². The molecule has 0 unspecified atom stereocenters. The molecule has 0 aromatic carbocycles. The van der Waals surface area contributed by atoms with E-state index in [-0.39, 0.29) is 39.8 Å². The monoisotopic (exact) mass is 427 g/mol. The smallest absolute Gasteiger partial charge is 0.417 e. The molecule has 0 aliphatic heterocycles. The first-order valence-electron chi connectivity index (χ1n) is 7.13. The third-order valence-electron chi connectivity index (χ3n) is 3.04. The van der Waals surface area contributed by atoms with Gasteiger partial charge in [-0.1, -0.05) is 34.8 Å². The van der Waals surface area contributed by atoms with Crippen molar-refractivity contribution >= 4 is 40.7 Å². The first kappa shape index (κ1) is 20.5. The third-order valence-corrected chi connectivity index (χ3v) is 3.84. The van der Waals surface area contributed by atoms with Crippen LogP contribution in [0.25, 0.3) is 0 Å². The molecular formula is C15H11Cl3F3N3O2. The first-order valence-corrected chi connectivity index (χ1v) is 8.26. The van der Waals surface area contributed by atoms with E-state index in [4.69, 9.17) is 39.5 Å². The molecule has 26 heavy (non-hydrogen) atoms. The number of ether oxygens (including phenoxy) is 1. The van der Waals surface area contributed by atoms with Crippen molar-refractivity contribution in [2.24, 2.45) is 0 Å². The van der Waals surface area contributed by atoms with Crippen molar-refractivity contribution in [1.82, 2.24) is 15.3 Å². The van der Waals surface area contributed by atoms with Crippen molar-refractivity contribution in [3.8, 4) is 5.88 Å². The van der Waals surface area contributed by atoms with Crippen LogP contribution in [0.3, 0.4) is 0 Å². The summed E-state index contributed by atoms with van der Waals surface area (Å²) in [4.78, 5) is 19.3. The van der Waals surface area contributed by atoms with E-state index in [9.17, 15) is 18.0 Å². The molecule has 0 spiro atoms. The predicted octanol–water partition coefficient (Wildman–Crippen LogP) is 4.65. The number of alkyl halides is 3. The number of carbonyl (C=O) groups excluding carboxylic acids is 1. The van der Waals surface area contributed by atoms with E-state index < -0.39 is 17.6 Å². The third kappa shape index (κ3) is 5.62. The SMILES string of the molecule is O=C(NCCCOc1ncc(C(F)(F)F)cc1Cl)c1cnc(Cl)cc1Cl. The number of hydrogen-bond acceptors (Lipinski definition) is 4. The van der Waals surface area contributed by atoms with Crippen LogP contribution in [-0.2, 0) is 6.18 Å². The van der Waals surface area contributed by atoms with E-state index in [1.807, 2.05) is 0 Å². The molecule has 11 heteroatoms. The number of pyridine rings is 2. The second-order valence-electron chi connectivity index (χ2n) is 4.95. The molecule has 2 heterocycles. The highest BCUT2D eigenvalue weighted by Gasteiger charge is 2.31. The average molecular weight is 429 g/mol. The summed E-state index contributed by atoms with van der Waals surface area (Å²) in [5.41, 5.74) is -0.792. The van der Waals surface area contributed by atoms with Gasteiger partial charge in [0.2, 0.25) is 5.88 Å². The van der Waals surface area contributed by atoms with Gasteiger partial charge in [0.1, 0.15) is 10.2 Å². The normalized spacial score (nSPS) is 11.3. The van der Waals surface area contributed by atoms with Gasteiger partial charge < -0.3 is 10.1 Å². The lowest BCUT2D eigenvalue weighted by Gasteiger charge is -2.10. The quantitative estimate of drug-likeness (QED) is 0.537. The van der Waals surface area contributed by atoms with Crippen molar-refractivity contribution < 1.29 is 22.7 Å². The van der Waals surface area contributed by atoms with E-state index in [1.165, 1.54) is 12.3 Å². The highest BCUT2D eigenvalue weighted by Crippen LogP contribution is 2.33. The largest absolute Gasteiger partial charge is 0.477 e. The summed E-state index contributed by atoms with van der Waals surface area (Å²) in [6.07, 6.45) is -2.28. The fraction of sp³-hybridized carbons (Fsp3) is 0.267. The van der Waals surface area contributed by atoms with Gasteiger partial charge in [-0.25, -0.2) is 9.97 Å². The summed E-state index contributed by atoms with van der Waals surface area (Å²) in [7, 11) is 0. The fourth-order valence-electron chi connectivity index (χ4n) is 1.80. The maximum atomic E-state index is 12.5. The minimum absolute atomic E-state index is 0.0883. The number of hydrogen-bond donors (Lipinski definition) is 1. The average Bonchev–Trinajstić information content (AvgIpc) is 2.54. The molecule has 0 saturated carbocycles. The summed E-state index contributed by atoms with van der Waals surface area (Å²) in [6, 6.07) is 2.08. The molecule has 0 saturated heterocycles. The molecule has 0 bridgehead atoms. The Balaban J connectivity index is 1.79. The number of nitrogens with one attached hydrogen (secondary N) is 1. The molecule has 0 radical (unpaired) electrons. The van der Waals surface area contributed by atoms with Gasteiger partial charge in [0.05, 0.1) is 22.8 Å². The topological polar surface area (TPSA) is 64.1 Å². The zero-order chi connectivity index (χ0) is 19.3. The first-order chi connectivity index (χ1) is 12.2. The van der Waals surface area contributed by atoms with Crippen molar-refractivity contribution in [1.29, 1.82) is 0 Å². The van der Waals surface area contributed by atoms with Gasteiger partial charge in [-0.3, -0.25) is 4.79 Å². The molecule has 2 aromatic rings. The Morgan fingerprint density at radius 3 is 2.46 bits per heavy atom. The minimum atomic E-state index is -4.53. The molecule has 0 aliphatic rings. The van der Waals surface area contributed by atoms with Gasteiger partial charge in [0, 0.05) is 18.9 Å². The number of amides is 1. The second-order valence-corrected chi connectivity index (χ2v) is 6.16. The molecule has 0 fully saturated rings. The van der Waals surface area contributed by atoms with Crippen LogP contribution in [0.5, 0.6) is 5.88 Å². The highest BCUT2D eigenvalue weighted by molar-refractivity contribution is 6.36. The minimum Gasteiger partial charge on any atom is -0.477 e. The van der Waals surface area contributed by atoms with Crippen molar-refractivity contribution in [2.75, 3.05) is 13.2 Å². The summed E-state index contributed by atoms with van der Waals surface area (Å²) >= 11 is 17.3. The number of halogens is 6. The van der Waals surface area contributed by atoms with Crippen LogP contribution >= 0.6 is 34.8 Å². The highest BCUT2D eigenvalue weighted by atomic mass is 35.5. The lowest BCUT2D eigenvalue weighted by Crippen LogP contribution is -2.26. The Hall–Kier alpha value is -1.77. The van der Waals surface area contributed by atoms with Crippen molar-refractivity contribution in [3.05, 3.63) is 50.9 Å². The Labute approximate surface area is 161 Å². The van der Waals surface area contributed by atoms with Gasteiger partial charge in [0.25, 0.3) is 5.91 Å². The molecule has 0 atom stereocenters. The van der Waals surface area contributed by atoms with Crippen LogP contribution in [0.2, 0.25) is 15.2 Å². The molecule has 1 N–H and O–H groups in total. The van der Waals surface area contributed by atoms with Crippen LogP contribution in [0.15, 0.2) is 24.5 Å². The van der Waals surface area contributed by atoms with Gasteiger partial charge in [-0.2, -0.15) is 13.2 Å². The molecule has 2 aromatic heterocycles. The van der Waals surface area contributed by atoms with E-state index in [1.54, 1.807) is 0 Å². The molecule has 2 rings (SSSR count). The number of rotatable bonds is 6. The van der Waals surface area contributed by atoms with E-state index >= 15 is 0 Å². The maximum Gasteiger partial charge on any atom is 0.417 e. The zero-order valence-electron chi connectivity index (χ0n) is 12.9. The fourth-order valence-corrected chi connectivity index (χ4v) is 2.47. The number of nitrogens with zero attached hydrogens (tertiary/aromatic N) is 2. The molecule has 1 amide bonds. The summed E-state index contributed by atoms with van der Waals surface area (Å²) in [6.45, 7) is 0.320. The van der Waals surface area contributed by atoms with Crippen LogP contribution in [0.1, 0.15) is 22.3 Å². The van der Waals surface area contributed by atoms with E-state index in [0.29, 0.717) is 12.6 Å². The predicted molar refractivity (Wildman–Crippen MR) is 91.0 cm³/mol. The molecule has 5 nitrogen and oxygen atoms in total. The Bertz CT molecular complexity index is 803. The summed E-state index contributed by atoms with van der Waals surface area (Å²) in [5, 5.41) is 2.69. The zero-order valence-corrected chi connectivity index (χ0v) is 15.2.